The number of carbonyl (C=O) groups is 1. The molecule has 24 heavy (non-hydrogen) atoms. The lowest BCUT2D eigenvalue weighted by molar-refractivity contribution is 0.0534. The van der Waals surface area contributed by atoms with Gasteiger partial charge in [0.2, 0.25) is 0 Å². The maximum absolute atomic E-state index is 11.6. The highest BCUT2D eigenvalue weighted by Crippen LogP contribution is 2.56. The van der Waals surface area contributed by atoms with Crippen LogP contribution < -0.4 is 5.32 Å². The number of benzene rings is 1. The minimum Gasteiger partial charge on any atom is -0.465 e. The highest BCUT2D eigenvalue weighted by Gasteiger charge is 2.48. The molecule has 3 nitrogen and oxygen atoms in total. The number of esters is 1. The highest BCUT2D eigenvalue weighted by atomic mass is 35.5. The topological polar surface area (TPSA) is 38.3 Å². The lowest BCUT2D eigenvalue weighted by Crippen LogP contribution is -2.52. The maximum atomic E-state index is 11.6. The van der Waals surface area contributed by atoms with Gasteiger partial charge >= 0.3 is 5.97 Å². The van der Waals surface area contributed by atoms with Crippen LogP contribution in [0.2, 0.25) is 0 Å². The molecule has 1 aromatic carbocycles. The van der Waals surface area contributed by atoms with Gasteiger partial charge in [0.1, 0.15) is 0 Å². The second-order valence-corrected chi connectivity index (χ2v) is 7.78. The van der Waals surface area contributed by atoms with Gasteiger partial charge in [0, 0.05) is 6.54 Å². The van der Waals surface area contributed by atoms with E-state index in [1.165, 1.54) is 24.7 Å². The lowest BCUT2D eigenvalue weighted by Gasteiger charge is -2.53. The third-order valence-corrected chi connectivity index (χ3v) is 5.93. The van der Waals surface area contributed by atoms with Crippen LogP contribution >= 0.6 is 12.4 Å². The molecular weight excluding hydrogens is 322 g/mol. The lowest BCUT2D eigenvalue weighted by atomic mass is 9.53. The average molecular weight is 350 g/mol. The summed E-state index contributed by atoms with van der Waals surface area (Å²) in [5.74, 6) is 0.399. The Hall–Kier alpha value is -1.32. The Morgan fingerprint density at radius 1 is 1.21 bits per heavy atom. The van der Waals surface area contributed by atoms with Gasteiger partial charge in [-0.3, -0.25) is 0 Å². The fourth-order valence-electron chi connectivity index (χ4n) is 4.72. The van der Waals surface area contributed by atoms with E-state index >= 15 is 0 Å². The molecule has 0 radical (unpaired) electrons. The molecule has 132 valence electrons. The summed E-state index contributed by atoms with van der Waals surface area (Å²) in [5.41, 5.74) is 3.73. The van der Waals surface area contributed by atoms with Crippen molar-refractivity contribution in [2.75, 3.05) is 20.2 Å². The fraction of sp³-hybridized carbons (Fsp3) is 0.550. The number of fused-ring (bicyclic) bond motifs is 1. The number of methoxy groups -OCH3 is 1. The number of hydrogen-bond donors (Lipinski definition) is 1. The summed E-state index contributed by atoms with van der Waals surface area (Å²) in [7, 11) is 1.42. The molecule has 0 aromatic heterocycles. The van der Waals surface area contributed by atoms with E-state index in [-0.39, 0.29) is 23.8 Å². The first-order valence-corrected chi connectivity index (χ1v) is 8.48. The van der Waals surface area contributed by atoms with Crippen molar-refractivity contribution < 1.29 is 9.53 Å². The number of carbonyl (C=O) groups excluding carboxylic acids is 1. The molecule has 0 spiro atoms. The number of nitrogens with one attached hydrogen (secondary N) is 1. The van der Waals surface area contributed by atoms with Gasteiger partial charge in [-0.05, 0) is 59.4 Å². The molecule has 3 rings (SSSR count). The Morgan fingerprint density at radius 3 is 2.50 bits per heavy atom. The van der Waals surface area contributed by atoms with Gasteiger partial charge in [-0.2, -0.15) is 0 Å². The monoisotopic (exact) mass is 349 g/mol. The quantitative estimate of drug-likeness (QED) is 0.808. The zero-order valence-corrected chi connectivity index (χ0v) is 15.8. The number of allylic oxidation sites excluding steroid dienone is 2. The number of piperidine rings is 1. The first kappa shape index (κ1) is 19.0. The van der Waals surface area contributed by atoms with Crippen molar-refractivity contribution in [1.29, 1.82) is 0 Å². The minimum atomic E-state index is -0.278. The van der Waals surface area contributed by atoms with E-state index in [0.717, 1.165) is 19.5 Å². The van der Waals surface area contributed by atoms with E-state index in [0.29, 0.717) is 16.9 Å². The molecular formula is C20H28ClNO2. The summed E-state index contributed by atoms with van der Waals surface area (Å²) in [6, 6.07) is 7.86. The van der Waals surface area contributed by atoms with Crippen LogP contribution in [0.5, 0.6) is 0 Å². The van der Waals surface area contributed by atoms with Crippen LogP contribution in [-0.2, 0) is 4.74 Å². The molecule has 0 saturated carbocycles. The van der Waals surface area contributed by atoms with Crippen molar-refractivity contribution >= 4 is 23.9 Å². The minimum absolute atomic E-state index is 0. The molecule has 1 aliphatic heterocycles. The Balaban J connectivity index is 0.00000208. The van der Waals surface area contributed by atoms with Gasteiger partial charge in [0.05, 0.1) is 12.7 Å². The molecule has 1 N–H and O–H groups in total. The molecule has 0 bridgehead atoms. The van der Waals surface area contributed by atoms with E-state index in [9.17, 15) is 4.79 Å². The predicted molar refractivity (Wildman–Crippen MR) is 100 cm³/mol. The van der Waals surface area contributed by atoms with Crippen LogP contribution in [0.15, 0.2) is 30.3 Å². The standard InChI is InChI=1S/C20H27NO2.ClH/c1-19(2)16(9-11-20(3)13-21-12-10-17(19)20)14-5-7-15(8-6-14)18(22)23-4;/h5-9,17,21H,10-13H2,1-4H3;1H/t17?,20-;/m1./s1. The van der Waals surface area contributed by atoms with Crippen molar-refractivity contribution in [1.82, 2.24) is 5.32 Å². The SMILES string of the molecule is COC(=O)c1ccc(C2=CC[C@]3(C)CNCCC3C2(C)C)cc1.Cl. The number of ether oxygens (including phenoxy) is 1. The Morgan fingerprint density at radius 2 is 1.88 bits per heavy atom. The van der Waals surface area contributed by atoms with Gasteiger partial charge in [-0.25, -0.2) is 4.79 Å². The molecule has 1 aliphatic carbocycles. The van der Waals surface area contributed by atoms with E-state index in [2.05, 4.69) is 44.3 Å². The van der Waals surface area contributed by atoms with Gasteiger partial charge in [-0.15, -0.1) is 12.4 Å². The van der Waals surface area contributed by atoms with Crippen molar-refractivity contribution in [3.8, 4) is 0 Å². The smallest absolute Gasteiger partial charge is 0.337 e. The molecule has 1 unspecified atom stereocenters. The largest absolute Gasteiger partial charge is 0.465 e. The fourth-order valence-corrected chi connectivity index (χ4v) is 4.72. The molecule has 2 aliphatic rings. The van der Waals surface area contributed by atoms with Crippen LogP contribution in [0.4, 0.5) is 0 Å². The second kappa shape index (κ2) is 6.89. The Labute approximate surface area is 151 Å². The summed E-state index contributed by atoms with van der Waals surface area (Å²) in [4.78, 5) is 11.6. The van der Waals surface area contributed by atoms with Crippen LogP contribution in [-0.4, -0.2) is 26.2 Å². The van der Waals surface area contributed by atoms with Crippen molar-refractivity contribution in [3.05, 3.63) is 41.5 Å². The first-order valence-electron chi connectivity index (χ1n) is 8.48. The summed E-state index contributed by atoms with van der Waals surface area (Å²) in [5, 5.41) is 3.56. The number of hydrogen-bond acceptors (Lipinski definition) is 3. The zero-order valence-electron chi connectivity index (χ0n) is 15.0. The molecule has 1 saturated heterocycles. The normalized spacial score (nSPS) is 28.2. The van der Waals surface area contributed by atoms with E-state index in [1.54, 1.807) is 0 Å². The third kappa shape index (κ3) is 3.12. The maximum Gasteiger partial charge on any atom is 0.337 e. The van der Waals surface area contributed by atoms with Crippen LogP contribution in [0.3, 0.4) is 0 Å². The summed E-state index contributed by atoms with van der Waals surface area (Å²) >= 11 is 0. The summed E-state index contributed by atoms with van der Waals surface area (Å²) < 4.78 is 4.79. The summed E-state index contributed by atoms with van der Waals surface area (Å²) in [6.07, 6.45) is 4.75. The van der Waals surface area contributed by atoms with Crippen molar-refractivity contribution in [3.63, 3.8) is 0 Å². The second-order valence-electron chi connectivity index (χ2n) is 7.78. The van der Waals surface area contributed by atoms with E-state index in [1.807, 2.05) is 12.1 Å². The van der Waals surface area contributed by atoms with E-state index < -0.39 is 0 Å². The molecule has 2 atom stereocenters. The number of halogens is 1. The Kier molecular flexibility index (Phi) is 5.46. The molecule has 0 amide bonds. The highest BCUT2D eigenvalue weighted by molar-refractivity contribution is 5.89. The molecule has 1 heterocycles. The average Bonchev–Trinajstić information content (AvgIpc) is 2.54. The first-order chi connectivity index (χ1) is 10.9. The third-order valence-electron chi connectivity index (χ3n) is 5.93. The predicted octanol–water partition coefficient (Wildman–Crippen LogP) is 4.32. The Bertz CT molecular complexity index is 636. The van der Waals surface area contributed by atoms with Crippen molar-refractivity contribution in [2.24, 2.45) is 16.7 Å². The van der Waals surface area contributed by atoms with Gasteiger partial charge in [0.25, 0.3) is 0 Å². The van der Waals surface area contributed by atoms with Crippen LogP contribution in [0.1, 0.15) is 49.5 Å². The molecule has 4 heteroatoms. The van der Waals surface area contributed by atoms with Crippen LogP contribution in [0, 0.1) is 16.7 Å². The van der Waals surface area contributed by atoms with Gasteiger partial charge < -0.3 is 10.1 Å². The van der Waals surface area contributed by atoms with Gasteiger partial charge in [0.15, 0.2) is 0 Å². The molecule has 1 aromatic rings. The number of rotatable bonds is 2. The van der Waals surface area contributed by atoms with Crippen molar-refractivity contribution in [2.45, 2.75) is 33.6 Å². The van der Waals surface area contributed by atoms with Gasteiger partial charge in [-0.1, -0.05) is 39.0 Å². The summed E-state index contributed by atoms with van der Waals surface area (Å²) in [6.45, 7) is 9.38. The van der Waals surface area contributed by atoms with E-state index in [4.69, 9.17) is 4.74 Å². The zero-order chi connectivity index (χ0) is 16.7. The van der Waals surface area contributed by atoms with Crippen LogP contribution in [0.25, 0.3) is 5.57 Å². The molecule has 1 fully saturated rings.